The molecular formula is C13H9BrF3N3O. The fourth-order valence-electron chi connectivity index (χ4n) is 1.58. The third-order valence-corrected chi connectivity index (χ3v) is 2.94. The predicted molar refractivity (Wildman–Crippen MR) is 76.0 cm³/mol. The molecule has 0 saturated carbocycles. The number of hydrogen-bond acceptors (Lipinski definition) is 2. The fraction of sp³-hybridized carbons (Fsp3) is 0.0769. The van der Waals surface area contributed by atoms with Crippen LogP contribution < -0.4 is 10.6 Å². The minimum absolute atomic E-state index is 0.214. The summed E-state index contributed by atoms with van der Waals surface area (Å²) in [5, 5.41) is 4.51. The number of hydrogen-bond donors (Lipinski definition) is 2. The standard InChI is InChI=1S/C13H9BrF3N3O/c14-8-5-6-18-11(7-8)20-12(21)19-10-4-2-1-3-9(10)13(15,16)17/h1-7H,(H2,18,19,20,21). The summed E-state index contributed by atoms with van der Waals surface area (Å²) in [6.45, 7) is 0. The molecule has 2 N–H and O–H groups in total. The molecule has 0 aliphatic rings. The van der Waals surface area contributed by atoms with Gasteiger partial charge in [-0.1, -0.05) is 28.1 Å². The Balaban J connectivity index is 2.14. The molecule has 0 fully saturated rings. The van der Waals surface area contributed by atoms with Gasteiger partial charge in [0.25, 0.3) is 0 Å². The number of amides is 2. The molecule has 2 rings (SSSR count). The first kappa shape index (κ1) is 15.3. The van der Waals surface area contributed by atoms with Crippen molar-refractivity contribution >= 4 is 33.5 Å². The number of anilines is 2. The number of pyridine rings is 1. The maximum absolute atomic E-state index is 12.8. The van der Waals surface area contributed by atoms with Crippen molar-refractivity contribution < 1.29 is 18.0 Å². The van der Waals surface area contributed by atoms with Crippen molar-refractivity contribution in [3.05, 3.63) is 52.6 Å². The number of halogens is 4. The molecule has 110 valence electrons. The van der Waals surface area contributed by atoms with Gasteiger partial charge in [0, 0.05) is 10.7 Å². The lowest BCUT2D eigenvalue weighted by Gasteiger charge is -2.13. The summed E-state index contributed by atoms with van der Waals surface area (Å²) in [5.74, 6) is 0.214. The van der Waals surface area contributed by atoms with Gasteiger partial charge in [-0.2, -0.15) is 13.2 Å². The van der Waals surface area contributed by atoms with E-state index in [9.17, 15) is 18.0 Å². The second-order valence-electron chi connectivity index (χ2n) is 3.98. The lowest BCUT2D eigenvalue weighted by molar-refractivity contribution is -0.136. The van der Waals surface area contributed by atoms with Gasteiger partial charge >= 0.3 is 12.2 Å². The first-order chi connectivity index (χ1) is 9.86. The van der Waals surface area contributed by atoms with E-state index in [4.69, 9.17) is 0 Å². The Kier molecular flexibility index (Phi) is 4.46. The van der Waals surface area contributed by atoms with E-state index in [1.54, 1.807) is 6.07 Å². The largest absolute Gasteiger partial charge is 0.418 e. The molecule has 1 aromatic heterocycles. The van der Waals surface area contributed by atoms with Gasteiger partial charge in [-0.15, -0.1) is 0 Å². The summed E-state index contributed by atoms with van der Waals surface area (Å²) < 4.78 is 39.0. The quantitative estimate of drug-likeness (QED) is 0.828. The van der Waals surface area contributed by atoms with E-state index in [-0.39, 0.29) is 11.5 Å². The molecular weight excluding hydrogens is 351 g/mol. The van der Waals surface area contributed by atoms with E-state index in [1.807, 2.05) is 0 Å². The molecule has 0 radical (unpaired) electrons. The number of nitrogens with zero attached hydrogens (tertiary/aromatic N) is 1. The zero-order chi connectivity index (χ0) is 15.5. The maximum Gasteiger partial charge on any atom is 0.418 e. The van der Waals surface area contributed by atoms with Crippen molar-refractivity contribution in [2.24, 2.45) is 0 Å². The Morgan fingerprint density at radius 1 is 1.14 bits per heavy atom. The van der Waals surface area contributed by atoms with E-state index in [0.29, 0.717) is 4.47 Å². The molecule has 8 heteroatoms. The van der Waals surface area contributed by atoms with Crippen molar-refractivity contribution in [2.45, 2.75) is 6.18 Å². The normalized spacial score (nSPS) is 11.0. The number of alkyl halides is 3. The van der Waals surface area contributed by atoms with Crippen molar-refractivity contribution in [1.29, 1.82) is 0 Å². The van der Waals surface area contributed by atoms with Crippen LogP contribution in [0.4, 0.5) is 29.5 Å². The Labute approximate surface area is 126 Å². The number of aromatic nitrogens is 1. The lowest BCUT2D eigenvalue weighted by atomic mass is 10.1. The molecule has 21 heavy (non-hydrogen) atoms. The number of benzene rings is 1. The molecule has 0 aliphatic heterocycles. The van der Waals surface area contributed by atoms with Crippen LogP contribution in [0.15, 0.2) is 47.1 Å². The number of para-hydroxylation sites is 1. The van der Waals surface area contributed by atoms with Crippen LogP contribution in [0.25, 0.3) is 0 Å². The Morgan fingerprint density at radius 3 is 2.52 bits per heavy atom. The molecule has 0 aliphatic carbocycles. The molecule has 1 heterocycles. The summed E-state index contributed by atoms with van der Waals surface area (Å²) in [7, 11) is 0. The van der Waals surface area contributed by atoms with Crippen LogP contribution in [0.2, 0.25) is 0 Å². The molecule has 0 saturated heterocycles. The number of rotatable bonds is 2. The van der Waals surface area contributed by atoms with Crippen molar-refractivity contribution in [2.75, 3.05) is 10.6 Å². The van der Waals surface area contributed by atoms with Crippen molar-refractivity contribution in [1.82, 2.24) is 4.98 Å². The molecule has 1 aromatic carbocycles. The van der Waals surface area contributed by atoms with E-state index in [1.165, 1.54) is 30.5 Å². The summed E-state index contributed by atoms with van der Waals surface area (Å²) in [6, 6.07) is 7.10. The monoisotopic (exact) mass is 359 g/mol. The summed E-state index contributed by atoms with van der Waals surface area (Å²) in [4.78, 5) is 15.6. The van der Waals surface area contributed by atoms with Gasteiger partial charge in [-0.3, -0.25) is 5.32 Å². The second-order valence-corrected chi connectivity index (χ2v) is 4.90. The van der Waals surface area contributed by atoms with Crippen LogP contribution >= 0.6 is 15.9 Å². The average molecular weight is 360 g/mol. The van der Waals surface area contributed by atoms with E-state index in [0.717, 1.165) is 6.07 Å². The Morgan fingerprint density at radius 2 is 1.86 bits per heavy atom. The molecule has 0 atom stereocenters. The predicted octanol–water partition coefficient (Wildman–Crippen LogP) is 4.51. The SMILES string of the molecule is O=C(Nc1cc(Br)ccn1)Nc1ccccc1C(F)(F)F. The van der Waals surface area contributed by atoms with Gasteiger partial charge in [-0.25, -0.2) is 9.78 Å². The Bertz CT molecular complexity index is 661. The van der Waals surface area contributed by atoms with Crippen LogP contribution in [0.3, 0.4) is 0 Å². The summed E-state index contributed by atoms with van der Waals surface area (Å²) in [5.41, 5.74) is -1.24. The fourth-order valence-corrected chi connectivity index (χ4v) is 1.92. The highest BCUT2D eigenvalue weighted by Gasteiger charge is 2.33. The van der Waals surface area contributed by atoms with Crippen LogP contribution in [0, 0.1) is 0 Å². The number of urea groups is 1. The van der Waals surface area contributed by atoms with Crippen LogP contribution in [-0.2, 0) is 6.18 Å². The summed E-state index contributed by atoms with van der Waals surface area (Å²) in [6.07, 6.45) is -3.10. The van der Waals surface area contributed by atoms with Crippen LogP contribution in [0.1, 0.15) is 5.56 Å². The summed E-state index contributed by atoms with van der Waals surface area (Å²) >= 11 is 3.20. The van der Waals surface area contributed by atoms with Crippen LogP contribution in [-0.4, -0.2) is 11.0 Å². The van der Waals surface area contributed by atoms with Gasteiger partial charge in [0.2, 0.25) is 0 Å². The highest BCUT2D eigenvalue weighted by atomic mass is 79.9. The molecule has 0 spiro atoms. The molecule has 0 bridgehead atoms. The van der Waals surface area contributed by atoms with Gasteiger partial charge in [0.1, 0.15) is 5.82 Å². The lowest BCUT2D eigenvalue weighted by Crippen LogP contribution is -2.22. The number of carbonyl (C=O) groups excluding carboxylic acids is 1. The Hall–Kier alpha value is -2.09. The minimum atomic E-state index is -4.54. The smallest absolute Gasteiger partial charge is 0.307 e. The topological polar surface area (TPSA) is 54.0 Å². The number of carbonyl (C=O) groups is 1. The zero-order valence-corrected chi connectivity index (χ0v) is 12.0. The maximum atomic E-state index is 12.8. The third kappa shape index (κ3) is 4.19. The van der Waals surface area contributed by atoms with E-state index >= 15 is 0 Å². The highest BCUT2D eigenvalue weighted by Crippen LogP contribution is 2.34. The van der Waals surface area contributed by atoms with Gasteiger partial charge < -0.3 is 5.32 Å². The average Bonchev–Trinajstić information content (AvgIpc) is 2.37. The van der Waals surface area contributed by atoms with E-state index in [2.05, 4.69) is 31.5 Å². The molecule has 4 nitrogen and oxygen atoms in total. The zero-order valence-electron chi connectivity index (χ0n) is 10.4. The molecule has 0 unspecified atom stereocenters. The van der Waals surface area contributed by atoms with Gasteiger partial charge in [0.15, 0.2) is 0 Å². The highest BCUT2D eigenvalue weighted by molar-refractivity contribution is 9.10. The minimum Gasteiger partial charge on any atom is -0.307 e. The molecule has 2 amide bonds. The first-order valence-electron chi connectivity index (χ1n) is 5.72. The number of nitrogens with one attached hydrogen (secondary N) is 2. The van der Waals surface area contributed by atoms with Gasteiger partial charge in [0.05, 0.1) is 11.3 Å². The third-order valence-electron chi connectivity index (χ3n) is 2.44. The van der Waals surface area contributed by atoms with Crippen LogP contribution in [0.5, 0.6) is 0 Å². The first-order valence-corrected chi connectivity index (χ1v) is 6.51. The molecule has 2 aromatic rings. The van der Waals surface area contributed by atoms with Gasteiger partial charge in [-0.05, 0) is 24.3 Å². The van der Waals surface area contributed by atoms with E-state index < -0.39 is 17.8 Å². The van der Waals surface area contributed by atoms with Crippen molar-refractivity contribution in [3.63, 3.8) is 0 Å². The van der Waals surface area contributed by atoms with Crippen molar-refractivity contribution in [3.8, 4) is 0 Å². The second kappa shape index (κ2) is 6.13.